The van der Waals surface area contributed by atoms with Gasteiger partial charge < -0.3 is 16.0 Å². The first-order valence-corrected chi connectivity index (χ1v) is 6.55. The Balaban J connectivity index is 1.77. The highest BCUT2D eigenvalue weighted by Gasteiger charge is 2.20. The molecular formula is C13H18ClN3O. The fourth-order valence-electron chi connectivity index (χ4n) is 2.21. The summed E-state index contributed by atoms with van der Waals surface area (Å²) < 4.78 is 0. The Morgan fingerprint density at radius 2 is 2.17 bits per heavy atom. The first kappa shape index (κ1) is 13.2. The summed E-state index contributed by atoms with van der Waals surface area (Å²) in [7, 11) is 0. The van der Waals surface area contributed by atoms with Gasteiger partial charge in [-0.05, 0) is 30.5 Å². The van der Waals surface area contributed by atoms with E-state index in [0.717, 1.165) is 37.5 Å². The molecule has 2 rings (SSSR count). The normalized spacial score (nSPS) is 16.8. The number of rotatable bonds is 3. The van der Waals surface area contributed by atoms with Gasteiger partial charge in [-0.3, -0.25) is 0 Å². The summed E-state index contributed by atoms with van der Waals surface area (Å²) in [5.74, 6) is 0. The highest BCUT2D eigenvalue weighted by atomic mass is 35.5. The summed E-state index contributed by atoms with van der Waals surface area (Å²) in [6.45, 7) is 2.28. The first-order chi connectivity index (χ1) is 8.65. The molecule has 1 aromatic carbocycles. The summed E-state index contributed by atoms with van der Waals surface area (Å²) >= 11 is 5.93. The van der Waals surface area contributed by atoms with Crippen molar-refractivity contribution in [1.29, 1.82) is 0 Å². The maximum Gasteiger partial charge on any atom is 0.314 e. The topological polar surface area (TPSA) is 58.4 Å². The van der Waals surface area contributed by atoms with E-state index < -0.39 is 0 Å². The zero-order valence-electron chi connectivity index (χ0n) is 10.2. The molecule has 0 unspecified atom stereocenters. The van der Waals surface area contributed by atoms with Crippen LogP contribution in [0.1, 0.15) is 18.4 Å². The number of nitrogens with zero attached hydrogens (tertiary/aromatic N) is 1. The largest absolute Gasteiger partial charge is 0.351 e. The van der Waals surface area contributed by atoms with E-state index in [2.05, 4.69) is 11.4 Å². The zero-order valence-corrected chi connectivity index (χ0v) is 11.0. The third kappa shape index (κ3) is 3.62. The van der Waals surface area contributed by atoms with Crippen LogP contribution in [0, 0.1) is 0 Å². The van der Waals surface area contributed by atoms with Crippen molar-refractivity contribution in [2.45, 2.75) is 25.4 Å². The molecule has 0 bridgehead atoms. The van der Waals surface area contributed by atoms with Gasteiger partial charge in [0, 0.05) is 30.7 Å². The minimum absolute atomic E-state index is 0.316. The second-order valence-corrected chi connectivity index (χ2v) is 5.05. The van der Waals surface area contributed by atoms with Gasteiger partial charge in [-0.15, -0.1) is 0 Å². The van der Waals surface area contributed by atoms with Gasteiger partial charge in [-0.25, -0.2) is 4.79 Å². The number of nitrogens with two attached hydrogens (primary N) is 1. The second-order valence-electron chi connectivity index (χ2n) is 4.61. The molecule has 1 aliphatic rings. The van der Waals surface area contributed by atoms with E-state index in [0.29, 0.717) is 6.04 Å². The number of benzene rings is 1. The molecule has 4 nitrogen and oxygen atoms in total. The van der Waals surface area contributed by atoms with Gasteiger partial charge in [-0.2, -0.15) is 0 Å². The number of halogens is 1. The van der Waals surface area contributed by atoms with Crippen molar-refractivity contribution >= 4 is 17.6 Å². The third-order valence-corrected chi connectivity index (χ3v) is 3.53. The minimum atomic E-state index is -0.316. The van der Waals surface area contributed by atoms with Crippen LogP contribution in [0.15, 0.2) is 24.3 Å². The fourth-order valence-corrected chi connectivity index (χ4v) is 2.43. The lowest BCUT2D eigenvalue weighted by Gasteiger charge is -2.31. The summed E-state index contributed by atoms with van der Waals surface area (Å²) in [6.07, 6.45) is 1.90. The maximum absolute atomic E-state index is 11.0. The minimum Gasteiger partial charge on any atom is -0.351 e. The number of carbonyl (C=O) groups excluding carboxylic acids is 1. The Labute approximate surface area is 112 Å². The van der Waals surface area contributed by atoms with Crippen LogP contribution in [0.4, 0.5) is 4.79 Å². The van der Waals surface area contributed by atoms with Gasteiger partial charge in [0.2, 0.25) is 0 Å². The number of primary amides is 1. The molecule has 5 heteroatoms. The molecular weight excluding hydrogens is 250 g/mol. The third-order valence-electron chi connectivity index (χ3n) is 3.29. The quantitative estimate of drug-likeness (QED) is 0.880. The molecule has 1 saturated heterocycles. The predicted molar refractivity (Wildman–Crippen MR) is 72.5 cm³/mol. The van der Waals surface area contributed by atoms with E-state index in [-0.39, 0.29) is 6.03 Å². The van der Waals surface area contributed by atoms with E-state index in [1.165, 1.54) is 5.56 Å². The number of nitrogens with one attached hydrogen (secondary N) is 1. The molecule has 3 N–H and O–H groups in total. The molecule has 1 aliphatic heterocycles. The molecule has 98 valence electrons. The predicted octanol–water partition coefficient (Wildman–Crippen LogP) is 1.97. The van der Waals surface area contributed by atoms with Gasteiger partial charge in [0.25, 0.3) is 0 Å². The van der Waals surface area contributed by atoms with Crippen LogP contribution in [0.5, 0.6) is 0 Å². The molecule has 0 spiro atoms. The molecule has 0 aliphatic carbocycles. The molecule has 0 saturated carbocycles. The Kier molecular flexibility index (Phi) is 4.44. The van der Waals surface area contributed by atoms with E-state index in [1.807, 2.05) is 18.2 Å². The van der Waals surface area contributed by atoms with Crippen molar-refractivity contribution in [3.8, 4) is 0 Å². The number of hydrogen-bond acceptors (Lipinski definition) is 2. The Morgan fingerprint density at radius 3 is 2.78 bits per heavy atom. The van der Waals surface area contributed by atoms with E-state index in [9.17, 15) is 4.79 Å². The first-order valence-electron chi connectivity index (χ1n) is 6.17. The SMILES string of the molecule is NC(=O)N1CCC(NCc2cccc(Cl)c2)CC1. The van der Waals surface area contributed by atoms with E-state index in [4.69, 9.17) is 17.3 Å². The van der Waals surface area contributed by atoms with Crippen molar-refractivity contribution in [3.05, 3.63) is 34.9 Å². The average molecular weight is 268 g/mol. The lowest BCUT2D eigenvalue weighted by atomic mass is 10.0. The van der Waals surface area contributed by atoms with Crippen LogP contribution in [-0.2, 0) is 6.54 Å². The molecule has 1 fully saturated rings. The average Bonchev–Trinajstić information content (AvgIpc) is 2.37. The zero-order chi connectivity index (χ0) is 13.0. The second kappa shape index (κ2) is 6.07. The number of urea groups is 1. The van der Waals surface area contributed by atoms with E-state index in [1.54, 1.807) is 4.90 Å². The Morgan fingerprint density at radius 1 is 1.44 bits per heavy atom. The van der Waals surface area contributed by atoms with Gasteiger partial charge in [0.1, 0.15) is 0 Å². The van der Waals surface area contributed by atoms with Gasteiger partial charge in [0.15, 0.2) is 0 Å². The van der Waals surface area contributed by atoms with Crippen molar-refractivity contribution in [3.63, 3.8) is 0 Å². The lowest BCUT2D eigenvalue weighted by Crippen LogP contribution is -2.46. The molecule has 1 heterocycles. The van der Waals surface area contributed by atoms with Crippen LogP contribution in [0.25, 0.3) is 0 Å². The van der Waals surface area contributed by atoms with Crippen LogP contribution in [0.3, 0.4) is 0 Å². The molecule has 1 aromatic rings. The summed E-state index contributed by atoms with van der Waals surface area (Å²) in [5, 5.41) is 4.25. The number of amides is 2. The smallest absolute Gasteiger partial charge is 0.314 e. The highest BCUT2D eigenvalue weighted by molar-refractivity contribution is 6.30. The standard InChI is InChI=1S/C13H18ClN3O/c14-11-3-1-2-10(8-11)9-16-12-4-6-17(7-5-12)13(15)18/h1-3,8,12,16H,4-7,9H2,(H2,15,18). The highest BCUT2D eigenvalue weighted by Crippen LogP contribution is 2.13. The molecule has 18 heavy (non-hydrogen) atoms. The van der Waals surface area contributed by atoms with Gasteiger partial charge in [0.05, 0.1) is 0 Å². The van der Waals surface area contributed by atoms with Crippen molar-refractivity contribution in [1.82, 2.24) is 10.2 Å². The molecule has 0 aromatic heterocycles. The Hall–Kier alpha value is -1.26. The van der Waals surface area contributed by atoms with Crippen LogP contribution in [0.2, 0.25) is 5.02 Å². The molecule has 0 atom stereocenters. The summed E-state index contributed by atoms with van der Waals surface area (Å²) in [6, 6.07) is 7.97. The van der Waals surface area contributed by atoms with Crippen molar-refractivity contribution in [2.24, 2.45) is 5.73 Å². The van der Waals surface area contributed by atoms with E-state index >= 15 is 0 Å². The van der Waals surface area contributed by atoms with Crippen LogP contribution in [-0.4, -0.2) is 30.1 Å². The van der Waals surface area contributed by atoms with Crippen molar-refractivity contribution < 1.29 is 4.79 Å². The fraction of sp³-hybridized carbons (Fsp3) is 0.462. The summed E-state index contributed by atoms with van der Waals surface area (Å²) in [4.78, 5) is 12.7. The van der Waals surface area contributed by atoms with Crippen LogP contribution < -0.4 is 11.1 Å². The van der Waals surface area contributed by atoms with Crippen LogP contribution >= 0.6 is 11.6 Å². The van der Waals surface area contributed by atoms with Gasteiger partial charge >= 0.3 is 6.03 Å². The molecule has 2 amide bonds. The van der Waals surface area contributed by atoms with Crippen molar-refractivity contribution in [2.75, 3.05) is 13.1 Å². The monoisotopic (exact) mass is 267 g/mol. The van der Waals surface area contributed by atoms with Gasteiger partial charge in [-0.1, -0.05) is 23.7 Å². The number of piperidine rings is 1. The summed E-state index contributed by atoms with van der Waals surface area (Å²) in [5.41, 5.74) is 6.43. The Bertz CT molecular complexity index is 416. The maximum atomic E-state index is 11.0. The number of likely N-dealkylation sites (tertiary alicyclic amines) is 1. The number of hydrogen-bond donors (Lipinski definition) is 2. The lowest BCUT2D eigenvalue weighted by molar-refractivity contribution is 0.185. The number of carbonyl (C=O) groups is 1. The molecule has 0 radical (unpaired) electrons.